The van der Waals surface area contributed by atoms with Gasteiger partial charge in [0.2, 0.25) is 0 Å². The van der Waals surface area contributed by atoms with Gasteiger partial charge in [0, 0.05) is 69.8 Å². The van der Waals surface area contributed by atoms with Crippen LogP contribution in [0, 0.1) is 0 Å². The molecule has 0 fully saturated rings. The van der Waals surface area contributed by atoms with Gasteiger partial charge in [0.15, 0.2) is 17.5 Å². The average Bonchev–Trinajstić information content (AvgIpc) is 3.98. The minimum atomic E-state index is 0.655. The zero-order valence-electron chi connectivity index (χ0n) is 32.7. The van der Waals surface area contributed by atoms with E-state index in [2.05, 4.69) is 173 Å². The Bertz CT molecular complexity index is 3810. The molecule has 0 saturated carbocycles. The minimum absolute atomic E-state index is 0.655. The number of benzene rings is 9. The molecule has 0 bridgehead atoms. The third-order valence-corrected chi connectivity index (χ3v) is 13.2. The highest BCUT2D eigenvalue weighted by atomic mass is 32.1. The largest absolute Gasteiger partial charge is 0.309 e. The zero-order valence-corrected chi connectivity index (χ0v) is 33.5. The Hall–Kier alpha value is -7.93. The fraction of sp³-hybridized carbons (Fsp3) is 0. The lowest BCUT2D eigenvalue weighted by Crippen LogP contribution is -2.00. The Labute approximate surface area is 354 Å². The van der Waals surface area contributed by atoms with Gasteiger partial charge in [-0.1, -0.05) is 146 Å². The Kier molecular flexibility index (Phi) is 7.41. The lowest BCUT2D eigenvalue weighted by atomic mass is 9.98. The van der Waals surface area contributed by atoms with Crippen LogP contribution in [-0.4, -0.2) is 24.1 Å². The molecule has 13 rings (SSSR count). The Morgan fingerprint density at radius 2 is 0.803 bits per heavy atom. The van der Waals surface area contributed by atoms with Gasteiger partial charge in [-0.15, -0.1) is 11.3 Å². The van der Waals surface area contributed by atoms with Gasteiger partial charge in [0.1, 0.15) is 0 Å². The van der Waals surface area contributed by atoms with Crippen LogP contribution >= 0.6 is 11.3 Å². The zero-order chi connectivity index (χ0) is 40.0. The van der Waals surface area contributed by atoms with Gasteiger partial charge in [-0.2, -0.15) is 0 Å². The third kappa shape index (κ3) is 5.22. The molecule has 0 aliphatic carbocycles. The van der Waals surface area contributed by atoms with Gasteiger partial charge >= 0.3 is 0 Å². The fourth-order valence-corrected chi connectivity index (χ4v) is 10.6. The summed E-state index contributed by atoms with van der Waals surface area (Å²) in [5.41, 5.74) is 9.98. The molecular weight excluding hydrogens is 763 g/mol. The van der Waals surface area contributed by atoms with Crippen LogP contribution < -0.4 is 0 Å². The van der Waals surface area contributed by atoms with Gasteiger partial charge in [0.25, 0.3) is 0 Å². The maximum Gasteiger partial charge on any atom is 0.164 e. The first kappa shape index (κ1) is 34.0. The monoisotopic (exact) mass is 795 g/mol. The van der Waals surface area contributed by atoms with Crippen LogP contribution in [0.4, 0.5) is 0 Å². The quantitative estimate of drug-likeness (QED) is 0.174. The van der Waals surface area contributed by atoms with Gasteiger partial charge in [-0.25, -0.2) is 15.0 Å². The van der Waals surface area contributed by atoms with Gasteiger partial charge in [-0.3, -0.25) is 0 Å². The SMILES string of the molecule is c1ccc(-c2nc(-c3ccccc3)nc(-c3cc4sc5cc(-n6c7ccccc7c7cc8c(cc76)c6ccccc6n8-c6ccccc6)ccc5c4c4ccccc34)n2)cc1. The second kappa shape index (κ2) is 13.3. The van der Waals surface area contributed by atoms with E-state index in [0.717, 1.165) is 33.5 Å². The molecule has 0 aliphatic heterocycles. The number of nitrogens with zero attached hydrogens (tertiary/aromatic N) is 5. The molecule has 284 valence electrons. The third-order valence-electron chi connectivity index (χ3n) is 12.1. The molecule has 0 amide bonds. The van der Waals surface area contributed by atoms with Crippen molar-refractivity contribution in [3.63, 3.8) is 0 Å². The summed E-state index contributed by atoms with van der Waals surface area (Å²) in [6, 6.07) is 71.4. The minimum Gasteiger partial charge on any atom is -0.309 e. The fourth-order valence-electron chi connectivity index (χ4n) is 9.45. The Balaban J connectivity index is 1.03. The number of hydrogen-bond acceptors (Lipinski definition) is 4. The van der Waals surface area contributed by atoms with Crippen LogP contribution in [0.2, 0.25) is 0 Å². The molecule has 0 saturated heterocycles. The van der Waals surface area contributed by atoms with E-state index in [1.165, 1.54) is 69.2 Å². The highest BCUT2D eigenvalue weighted by Gasteiger charge is 2.21. The number of para-hydroxylation sites is 3. The van der Waals surface area contributed by atoms with E-state index in [4.69, 9.17) is 15.0 Å². The van der Waals surface area contributed by atoms with Gasteiger partial charge in [-0.05, 0) is 65.4 Å². The summed E-state index contributed by atoms with van der Waals surface area (Å²) in [4.78, 5) is 15.3. The summed E-state index contributed by atoms with van der Waals surface area (Å²) >= 11 is 1.83. The van der Waals surface area contributed by atoms with Crippen LogP contribution in [-0.2, 0) is 0 Å². The second-order valence-electron chi connectivity index (χ2n) is 15.6. The van der Waals surface area contributed by atoms with Crippen molar-refractivity contribution in [1.29, 1.82) is 0 Å². The average molecular weight is 796 g/mol. The van der Waals surface area contributed by atoms with E-state index in [1.807, 2.05) is 47.7 Å². The molecule has 6 heteroatoms. The molecule has 9 aromatic carbocycles. The van der Waals surface area contributed by atoms with Crippen molar-refractivity contribution >= 4 is 85.9 Å². The van der Waals surface area contributed by atoms with Crippen LogP contribution in [0.5, 0.6) is 0 Å². The lowest BCUT2D eigenvalue weighted by Gasteiger charge is -2.11. The van der Waals surface area contributed by atoms with Crippen molar-refractivity contribution in [2.45, 2.75) is 0 Å². The van der Waals surface area contributed by atoms with E-state index in [9.17, 15) is 0 Å². The highest BCUT2D eigenvalue weighted by molar-refractivity contribution is 7.26. The van der Waals surface area contributed by atoms with E-state index in [0.29, 0.717) is 17.5 Å². The Morgan fingerprint density at radius 3 is 1.41 bits per heavy atom. The molecule has 13 aromatic rings. The number of thiophene rings is 1. The van der Waals surface area contributed by atoms with Crippen LogP contribution in [0.15, 0.2) is 200 Å². The molecular formula is C55H33N5S. The van der Waals surface area contributed by atoms with Gasteiger partial charge in [0.05, 0.1) is 22.1 Å². The predicted molar refractivity (Wildman–Crippen MR) is 255 cm³/mol. The number of fused-ring (bicyclic) bond motifs is 11. The molecule has 61 heavy (non-hydrogen) atoms. The molecule has 0 N–H and O–H groups in total. The topological polar surface area (TPSA) is 48.5 Å². The summed E-state index contributed by atoms with van der Waals surface area (Å²) < 4.78 is 7.28. The standard InChI is InChI=1S/C55H33N5S/c1-4-16-34(17-5-1)53-56-54(35-18-6-2-7-19-35)58-55(57-53)45-33-51-52(41-25-11-10-22-38(41)45)42-29-28-37(30-50(42)61-51)60-47-27-15-13-24-40(47)44-31-48-43(32-49(44)60)39-23-12-14-26-46(39)59(48)36-20-8-3-9-21-36/h1-33H. The predicted octanol–water partition coefficient (Wildman–Crippen LogP) is 14.6. The van der Waals surface area contributed by atoms with Crippen molar-refractivity contribution in [1.82, 2.24) is 24.1 Å². The van der Waals surface area contributed by atoms with Crippen molar-refractivity contribution in [3.05, 3.63) is 200 Å². The lowest BCUT2D eigenvalue weighted by molar-refractivity contribution is 1.08. The number of rotatable bonds is 5. The van der Waals surface area contributed by atoms with E-state index >= 15 is 0 Å². The van der Waals surface area contributed by atoms with Crippen molar-refractivity contribution in [2.75, 3.05) is 0 Å². The van der Waals surface area contributed by atoms with Crippen molar-refractivity contribution in [3.8, 4) is 45.5 Å². The summed E-state index contributed by atoms with van der Waals surface area (Å²) in [7, 11) is 0. The first-order chi connectivity index (χ1) is 30.2. The normalized spacial score (nSPS) is 11.9. The second-order valence-corrected chi connectivity index (χ2v) is 16.7. The first-order valence-electron chi connectivity index (χ1n) is 20.5. The maximum absolute atomic E-state index is 5.15. The van der Waals surface area contributed by atoms with Crippen LogP contribution in [0.1, 0.15) is 0 Å². The Morgan fingerprint density at radius 1 is 0.311 bits per heavy atom. The molecule has 0 atom stereocenters. The molecule has 0 aliphatic rings. The van der Waals surface area contributed by atoms with Gasteiger partial charge < -0.3 is 9.13 Å². The molecule has 0 unspecified atom stereocenters. The van der Waals surface area contributed by atoms with E-state index in [1.54, 1.807) is 0 Å². The van der Waals surface area contributed by atoms with E-state index < -0.39 is 0 Å². The highest BCUT2D eigenvalue weighted by Crippen LogP contribution is 2.45. The van der Waals surface area contributed by atoms with Crippen molar-refractivity contribution in [2.24, 2.45) is 0 Å². The summed E-state index contributed by atoms with van der Waals surface area (Å²) in [5, 5.41) is 9.75. The maximum atomic E-state index is 5.15. The smallest absolute Gasteiger partial charge is 0.164 e. The summed E-state index contributed by atoms with van der Waals surface area (Å²) in [6.07, 6.45) is 0. The molecule has 4 aromatic heterocycles. The van der Waals surface area contributed by atoms with Crippen LogP contribution in [0.3, 0.4) is 0 Å². The molecule has 0 spiro atoms. The molecule has 5 nitrogen and oxygen atoms in total. The summed E-state index contributed by atoms with van der Waals surface area (Å²) in [5.74, 6) is 1.97. The van der Waals surface area contributed by atoms with Crippen LogP contribution in [0.25, 0.3) is 120 Å². The number of hydrogen-bond donors (Lipinski definition) is 0. The molecule has 0 radical (unpaired) electrons. The first-order valence-corrected chi connectivity index (χ1v) is 21.3. The van der Waals surface area contributed by atoms with E-state index in [-0.39, 0.29) is 0 Å². The molecule has 4 heterocycles. The van der Waals surface area contributed by atoms with Crippen molar-refractivity contribution < 1.29 is 0 Å². The number of aromatic nitrogens is 5. The summed E-state index contributed by atoms with van der Waals surface area (Å²) in [6.45, 7) is 0.